The van der Waals surface area contributed by atoms with Gasteiger partial charge in [0, 0.05) is 6.42 Å². The first kappa shape index (κ1) is 18.9. The molecule has 1 aliphatic heterocycles. The van der Waals surface area contributed by atoms with Crippen molar-refractivity contribution in [3.8, 4) is 11.5 Å². The van der Waals surface area contributed by atoms with Gasteiger partial charge >= 0.3 is 11.9 Å². The molecule has 6 N–H and O–H groups in total. The van der Waals surface area contributed by atoms with E-state index in [4.69, 9.17) is 19.7 Å². The van der Waals surface area contributed by atoms with E-state index in [1.54, 1.807) is 0 Å². The lowest BCUT2D eigenvalue weighted by Gasteiger charge is -2.38. The number of aliphatic hydroxyl groups excluding tert-OH is 3. The molecule has 10 nitrogen and oxygen atoms in total. The smallest absolute Gasteiger partial charge is 0.335 e. The van der Waals surface area contributed by atoms with Gasteiger partial charge in [0.05, 0.1) is 0 Å². The zero-order valence-corrected chi connectivity index (χ0v) is 12.8. The van der Waals surface area contributed by atoms with Crippen molar-refractivity contribution in [3.05, 3.63) is 23.8 Å². The third-order valence-corrected chi connectivity index (χ3v) is 3.71. The molecule has 1 unspecified atom stereocenters. The molecule has 25 heavy (non-hydrogen) atoms. The summed E-state index contributed by atoms with van der Waals surface area (Å²) in [5.41, 5.74) is 0.510. The largest absolute Gasteiger partial charge is 0.504 e. The summed E-state index contributed by atoms with van der Waals surface area (Å²) in [6.45, 7) is 0. The number of aliphatic hydroxyl groups is 3. The van der Waals surface area contributed by atoms with Gasteiger partial charge in [0.2, 0.25) is 6.29 Å². The Kier molecular flexibility index (Phi) is 5.80. The number of aryl methyl sites for hydroxylation is 1. The highest BCUT2D eigenvalue weighted by Crippen LogP contribution is 2.31. The van der Waals surface area contributed by atoms with Gasteiger partial charge in [-0.15, -0.1) is 0 Å². The summed E-state index contributed by atoms with van der Waals surface area (Å²) in [6, 6.07) is 4.02. The Morgan fingerprint density at radius 2 is 1.76 bits per heavy atom. The first-order valence-electron chi connectivity index (χ1n) is 7.33. The second-order valence-corrected chi connectivity index (χ2v) is 5.55. The minimum absolute atomic E-state index is 0.152. The summed E-state index contributed by atoms with van der Waals surface area (Å²) in [6.07, 6.45) is -8.97. The van der Waals surface area contributed by atoms with Gasteiger partial charge in [-0.1, -0.05) is 6.07 Å². The number of carbonyl (C=O) groups is 2. The van der Waals surface area contributed by atoms with Crippen LogP contribution >= 0.6 is 0 Å². The molecule has 1 heterocycles. The summed E-state index contributed by atoms with van der Waals surface area (Å²) >= 11 is 0. The van der Waals surface area contributed by atoms with Crippen molar-refractivity contribution in [3.63, 3.8) is 0 Å². The lowest BCUT2D eigenvalue weighted by atomic mass is 9.99. The fourth-order valence-corrected chi connectivity index (χ4v) is 2.33. The summed E-state index contributed by atoms with van der Waals surface area (Å²) in [4.78, 5) is 21.7. The van der Waals surface area contributed by atoms with E-state index in [0.717, 1.165) is 0 Å². The standard InChI is InChI=1S/C15H18O10/c16-7-3-1-6(2-4-9(17)18)5-8(7)24-15-12(21)10(19)11(20)13(25-15)14(22)23/h1,3,5,10-13,15-16,19-21H,2,4H2,(H,17,18)(H,22,23)/t10-,11-,12+,13-,15?/m0/s1. The molecule has 0 amide bonds. The second kappa shape index (κ2) is 7.66. The van der Waals surface area contributed by atoms with Crippen LogP contribution < -0.4 is 4.74 Å². The first-order chi connectivity index (χ1) is 11.7. The number of hydrogen-bond acceptors (Lipinski definition) is 8. The molecule has 0 aromatic heterocycles. The van der Waals surface area contributed by atoms with Crippen LogP contribution in [0, 0.1) is 0 Å². The van der Waals surface area contributed by atoms with Gasteiger partial charge in [-0.25, -0.2) is 4.79 Å². The fraction of sp³-hybridized carbons (Fsp3) is 0.467. The monoisotopic (exact) mass is 358 g/mol. The summed E-state index contributed by atoms with van der Waals surface area (Å²) in [7, 11) is 0. The molecule has 138 valence electrons. The van der Waals surface area contributed by atoms with Gasteiger partial charge in [0.25, 0.3) is 0 Å². The van der Waals surface area contributed by atoms with E-state index >= 15 is 0 Å². The van der Waals surface area contributed by atoms with Crippen molar-refractivity contribution in [2.45, 2.75) is 43.5 Å². The van der Waals surface area contributed by atoms with E-state index in [9.17, 15) is 30.0 Å². The van der Waals surface area contributed by atoms with Crippen molar-refractivity contribution >= 4 is 11.9 Å². The summed E-state index contributed by atoms with van der Waals surface area (Å²) < 4.78 is 10.2. The molecule has 1 saturated heterocycles. The van der Waals surface area contributed by atoms with Gasteiger partial charge in [-0.05, 0) is 24.1 Å². The number of aromatic hydroxyl groups is 1. The predicted octanol–water partition coefficient (Wildman–Crippen LogP) is -1.32. The van der Waals surface area contributed by atoms with Crippen LogP contribution in [0.4, 0.5) is 0 Å². The zero-order valence-electron chi connectivity index (χ0n) is 12.8. The molecule has 0 spiro atoms. The number of benzene rings is 1. The normalized spacial score (nSPS) is 29.2. The van der Waals surface area contributed by atoms with E-state index in [1.165, 1.54) is 18.2 Å². The van der Waals surface area contributed by atoms with E-state index in [0.29, 0.717) is 5.56 Å². The van der Waals surface area contributed by atoms with E-state index in [2.05, 4.69) is 0 Å². The van der Waals surface area contributed by atoms with Gasteiger partial charge in [-0.3, -0.25) is 4.79 Å². The maximum absolute atomic E-state index is 11.0. The van der Waals surface area contributed by atoms with Crippen LogP contribution in [0.15, 0.2) is 18.2 Å². The third-order valence-electron chi connectivity index (χ3n) is 3.71. The SMILES string of the molecule is O=C(O)CCc1ccc(O)c(OC2O[C@H](C(=O)O)[C@@H](O)[C@H](O)[C@H]2O)c1. The van der Waals surface area contributed by atoms with Crippen molar-refractivity contribution in [1.29, 1.82) is 0 Å². The van der Waals surface area contributed by atoms with Crippen LogP contribution in [0.3, 0.4) is 0 Å². The van der Waals surface area contributed by atoms with Crippen LogP contribution in [0.5, 0.6) is 11.5 Å². The average molecular weight is 358 g/mol. The Balaban J connectivity index is 2.18. The molecule has 0 aliphatic carbocycles. The quantitative estimate of drug-likeness (QED) is 0.358. The number of phenols is 1. The van der Waals surface area contributed by atoms with Gasteiger partial charge in [0.1, 0.15) is 18.3 Å². The second-order valence-electron chi connectivity index (χ2n) is 5.55. The van der Waals surface area contributed by atoms with Gasteiger partial charge in [0.15, 0.2) is 17.6 Å². The molecule has 1 aliphatic rings. The minimum atomic E-state index is -1.86. The number of carboxylic acid groups (broad SMARTS) is 2. The average Bonchev–Trinajstić information content (AvgIpc) is 2.55. The minimum Gasteiger partial charge on any atom is -0.504 e. The summed E-state index contributed by atoms with van der Waals surface area (Å²) in [5.74, 6) is -3.13. The molecule has 1 aromatic rings. The van der Waals surface area contributed by atoms with Gasteiger partial charge in [-0.2, -0.15) is 0 Å². The Morgan fingerprint density at radius 1 is 1.08 bits per heavy atom. The van der Waals surface area contributed by atoms with Crippen LogP contribution in [0.2, 0.25) is 0 Å². The molecule has 0 radical (unpaired) electrons. The zero-order chi connectivity index (χ0) is 18.7. The highest BCUT2D eigenvalue weighted by Gasteiger charge is 2.48. The van der Waals surface area contributed by atoms with Crippen LogP contribution in [-0.4, -0.2) is 73.3 Å². The molecule has 1 fully saturated rings. The maximum Gasteiger partial charge on any atom is 0.335 e. The highest BCUT2D eigenvalue weighted by molar-refractivity contribution is 5.73. The van der Waals surface area contributed by atoms with Crippen molar-refractivity contribution in [1.82, 2.24) is 0 Å². The third kappa shape index (κ3) is 4.37. The number of phenolic OH excluding ortho intramolecular Hbond substituents is 1. The molecular formula is C15H18O10. The van der Waals surface area contributed by atoms with Crippen LogP contribution in [0.1, 0.15) is 12.0 Å². The molecule has 0 saturated carbocycles. The van der Waals surface area contributed by atoms with E-state index < -0.39 is 42.6 Å². The van der Waals surface area contributed by atoms with Crippen LogP contribution in [-0.2, 0) is 20.7 Å². The van der Waals surface area contributed by atoms with E-state index in [1.807, 2.05) is 0 Å². The number of carboxylic acids is 2. The van der Waals surface area contributed by atoms with Crippen molar-refractivity contribution in [2.24, 2.45) is 0 Å². The van der Waals surface area contributed by atoms with Crippen LogP contribution in [0.25, 0.3) is 0 Å². The molecule has 2 rings (SSSR count). The Morgan fingerprint density at radius 3 is 2.36 bits per heavy atom. The Bertz CT molecular complexity index is 645. The van der Waals surface area contributed by atoms with E-state index in [-0.39, 0.29) is 24.3 Å². The number of hydrogen-bond donors (Lipinski definition) is 6. The van der Waals surface area contributed by atoms with Gasteiger partial charge < -0.3 is 40.1 Å². The van der Waals surface area contributed by atoms with Crippen molar-refractivity contribution < 1.29 is 49.7 Å². The highest BCUT2D eigenvalue weighted by atomic mass is 16.7. The molecule has 10 heteroatoms. The lowest BCUT2D eigenvalue weighted by Crippen LogP contribution is -2.61. The maximum atomic E-state index is 11.0. The molecule has 1 aromatic carbocycles. The van der Waals surface area contributed by atoms with Crippen molar-refractivity contribution in [2.75, 3.05) is 0 Å². The number of ether oxygens (including phenoxy) is 2. The molecule has 5 atom stereocenters. The predicted molar refractivity (Wildman–Crippen MR) is 79.0 cm³/mol. The Labute approximate surface area is 141 Å². The lowest BCUT2D eigenvalue weighted by molar-refractivity contribution is -0.271. The Hall–Kier alpha value is -2.40. The summed E-state index contributed by atoms with van der Waals surface area (Å²) in [5, 5.41) is 56.7. The fourth-order valence-electron chi connectivity index (χ4n) is 2.33. The molecule has 0 bridgehead atoms. The molecular weight excluding hydrogens is 340 g/mol. The topological polar surface area (TPSA) is 174 Å². The number of aliphatic carboxylic acids is 2. The number of rotatable bonds is 6. The first-order valence-corrected chi connectivity index (χ1v) is 7.33.